The molecule has 4 N–H and O–H groups in total. The molecule has 0 aliphatic carbocycles. The van der Waals surface area contributed by atoms with Crippen LogP contribution in [0.15, 0.2) is 28.7 Å². The van der Waals surface area contributed by atoms with Crippen molar-refractivity contribution in [3.63, 3.8) is 0 Å². The molecule has 0 bridgehead atoms. The van der Waals surface area contributed by atoms with Crippen LogP contribution in [0.3, 0.4) is 0 Å². The molecular formula is C15H22BrN3O2. The zero-order chi connectivity index (χ0) is 16.0. The molecule has 1 aromatic carbocycles. The van der Waals surface area contributed by atoms with Crippen LogP contribution in [0.4, 0.5) is 0 Å². The van der Waals surface area contributed by atoms with E-state index >= 15 is 0 Å². The van der Waals surface area contributed by atoms with Gasteiger partial charge in [0.15, 0.2) is 0 Å². The smallest absolute Gasteiger partial charge is 0.251 e. The molecule has 1 aromatic rings. The van der Waals surface area contributed by atoms with Gasteiger partial charge in [-0.25, -0.2) is 0 Å². The van der Waals surface area contributed by atoms with E-state index in [0.29, 0.717) is 18.7 Å². The normalized spacial score (nSPS) is 12.6. The molecule has 21 heavy (non-hydrogen) atoms. The molecule has 1 atom stereocenters. The van der Waals surface area contributed by atoms with Crippen LogP contribution < -0.4 is 16.4 Å². The van der Waals surface area contributed by atoms with Crippen molar-refractivity contribution < 1.29 is 9.59 Å². The van der Waals surface area contributed by atoms with Gasteiger partial charge in [0.1, 0.15) is 0 Å². The Morgan fingerprint density at radius 1 is 1.24 bits per heavy atom. The quantitative estimate of drug-likeness (QED) is 0.702. The third kappa shape index (κ3) is 5.85. The van der Waals surface area contributed by atoms with Crippen LogP contribution in [0.1, 0.15) is 31.1 Å². The van der Waals surface area contributed by atoms with Crippen LogP contribution in [0.2, 0.25) is 0 Å². The van der Waals surface area contributed by atoms with E-state index in [4.69, 9.17) is 5.73 Å². The molecule has 0 heterocycles. The predicted octanol–water partition coefficient (Wildman–Crippen LogP) is 1.67. The van der Waals surface area contributed by atoms with Gasteiger partial charge in [-0.3, -0.25) is 9.59 Å². The highest BCUT2D eigenvalue weighted by atomic mass is 79.9. The van der Waals surface area contributed by atoms with E-state index in [1.54, 1.807) is 18.2 Å². The summed E-state index contributed by atoms with van der Waals surface area (Å²) < 4.78 is 0.847. The molecule has 0 fully saturated rings. The molecule has 0 spiro atoms. The summed E-state index contributed by atoms with van der Waals surface area (Å²) in [6, 6.07) is 6.55. The molecule has 6 heteroatoms. The van der Waals surface area contributed by atoms with Crippen LogP contribution in [-0.4, -0.2) is 30.9 Å². The van der Waals surface area contributed by atoms with Gasteiger partial charge in [-0.2, -0.15) is 0 Å². The summed E-state index contributed by atoms with van der Waals surface area (Å²) in [7, 11) is 0. The van der Waals surface area contributed by atoms with E-state index in [1.807, 2.05) is 26.8 Å². The summed E-state index contributed by atoms with van der Waals surface area (Å²) in [4.78, 5) is 23.7. The SMILES string of the molecule is CC(C)(C)[C@H](N)C(=O)NCCNC(=O)c1cccc(Br)c1. The maximum absolute atomic E-state index is 11.9. The predicted molar refractivity (Wildman–Crippen MR) is 86.9 cm³/mol. The average molecular weight is 356 g/mol. The Morgan fingerprint density at radius 2 is 1.86 bits per heavy atom. The van der Waals surface area contributed by atoms with Gasteiger partial charge in [-0.15, -0.1) is 0 Å². The van der Waals surface area contributed by atoms with Gasteiger partial charge < -0.3 is 16.4 Å². The second kappa shape index (κ2) is 7.56. The lowest BCUT2D eigenvalue weighted by molar-refractivity contribution is -0.124. The lowest BCUT2D eigenvalue weighted by Gasteiger charge is -2.25. The summed E-state index contributed by atoms with van der Waals surface area (Å²) in [6.45, 7) is 6.43. The molecule has 0 aliphatic rings. The Morgan fingerprint density at radius 3 is 2.43 bits per heavy atom. The molecule has 116 valence electrons. The van der Waals surface area contributed by atoms with Crippen molar-refractivity contribution >= 4 is 27.7 Å². The highest BCUT2D eigenvalue weighted by molar-refractivity contribution is 9.10. The minimum atomic E-state index is -0.571. The summed E-state index contributed by atoms with van der Waals surface area (Å²) >= 11 is 3.31. The average Bonchev–Trinajstić information content (AvgIpc) is 2.41. The minimum Gasteiger partial charge on any atom is -0.353 e. The van der Waals surface area contributed by atoms with Gasteiger partial charge in [0, 0.05) is 23.1 Å². The third-order valence-electron chi connectivity index (χ3n) is 3.01. The first kappa shape index (κ1) is 17.7. The second-order valence-corrected chi connectivity index (χ2v) is 6.82. The molecule has 0 aromatic heterocycles. The van der Waals surface area contributed by atoms with Crippen molar-refractivity contribution in [3.05, 3.63) is 34.3 Å². The van der Waals surface area contributed by atoms with Gasteiger partial charge in [-0.1, -0.05) is 42.8 Å². The van der Waals surface area contributed by atoms with Crippen molar-refractivity contribution in [2.24, 2.45) is 11.1 Å². The number of carbonyl (C=O) groups is 2. The van der Waals surface area contributed by atoms with E-state index in [-0.39, 0.29) is 17.2 Å². The Kier molecular flexibility index (Phi) is 6.36. The number of carbonyl (C=O) groups excluding carboxylic acids is 2. The fourth-order valence-electron chi connectivity index (χ4n) is 1.60. The zero-order valence-electron chi connectivity index (χ0n) is 12.6. The number of amides is 2. The maximum Gasteiger partial charge on any atom is 0.251 e. The number of hydrogen-bond acceptors (Lipinski definition) is 3. The van der Waals surface area contributed by atoms with Crippen molar-refractivity contribution in [2.45, 2.75) is 26.8 Å². The lowest BCUT2D eigenvalue weighted by Crippen LogP contribution is -2.49. The van der Waals surface area contributed by atoms with Gasteiger partial charge in [0.25, 0.3) is 5.91 Å². The molecule has 1 rings (SSSR count). The number of halogens is 1. The largest absolute Gasteiger partial charge is 0.353 e. The lowest BCUT2D eigenvalue weighted by atomic mass is 9.87. The standard InChI is InChI=1S/C15H22BrN3O2/c1-15(2,3)12(17)14(21)19-8-7-18-13(20)10-5-4-6-11(16)9-10/h4-6,9,12H,7-8,17H2,1-3H3,(H,18,20)(H,19,21)/t12-/m1/s1. The highest BCUT2D eigenvalue weighted by Gasteiger charge is 2.26. The Labute approximate surface area is 133 Å². The van der Waals surface area contributed by atoms with Crippen LogP contribution >= 0.6 is 15.9 Å². The molecule has 0 unspecified atom stereocenters. The Bertz CT molecular complexity index is 512. The fourth-order valence-corrected chi connectivity index (χ4v) is 2.00. The fraction of sp³-hybridized carbons (Fsp3) is 0.467. The van der Waals surface area contributed by atoms with E-state index in [9.17, 15) is 9.59 Å². The summed E-state index contributed by atoms with van der Waals surface area (Å²) in [5.41, 5.74) is 6.12. The number of hydrogen-bond donors (Lipinski definition) is 3. The van der Waals surface area contributed by atoms with Gasteiger partial charge in [-0.05, 0) is 23.6 Å². The van der Waals surface area contributed by atoms with E-state index in [2.05, 4.69) is 26.6 Å². The maximum atomic E-state index is 11.9. The number of rotatable bonds is 5. The molecule has 0 saturated heterocycles. The molecular weight excluding hydrogens is 334 g/mol. The second-order valence-electron chi connectivity index (χ2n) is 5.90. The van der Waals surface area contributed by atoms with Crippen molar-refractivity contribution in [2.75, 3.05) is 13.1 Å². The topological polar surface area (TPSA) is 84.2 Å². The molecule has 0 aliphatic heterocycles. The Hall–Kier alpha value is -1.40. The molecule has 0 saturated carbocycles. The summed E-state index contributed by atoms with van der Waals surface area (Å²) in [5.74, 6) is -0.384. The summed E-state index contributed by atoms with van der Waals surface area (Å²) in [6.07, 6.45) is 0. The van der Waals surface area contributed by atoms with E-state index < -0.39 is 6.04 Å². The third-order valence-corrected chi connectivity index (χ3v) is 3.51. The molecule has 5 nitrogen and oxygen atoms in total. The Balaban J connectivity index is 2.35. The van der Waals surface area contributed by atoms with Crippen molar-refractivity contribution in [3.8, 4) is 0 Å². The number of nitrogens with one attached hydrogen (secondary N) is 2. The van der Waals surface area contributed by atoms with Crippen LogP contribution in [0.5, 0.6) is 0 Å². The first-order chi connectivity index (χ1) is 9.71. The van der Waals surface area contributed by atoms with Gasteiger partial charge in [0.05, 0.1) is 6.04 Å². The van der Waals surface area contributed by atoms with Crippen LogP contribution in [0, 0.1) is 5.41 Å². The molecule has 0 radical (unpaired) electrons. The first-order valence-electron chi connectivity index (χ1n) is 6.79. The molecule has 2 amide bonds. The van der Waals surface area contributed by atoms with Gasteiger partial charge in [0.2, 0.25) is 5.91 Å². The van der Waals surface area contributed by atoms with Crippen LogP contribution in [0.25, 0.3) is 0 Å². The van der Waals surface area contributed by atoms with E-state index in [0.717, 1.165) is 4.47 Å². The minimum absolute atomic E-state index is 0.175. The number of nitrogens with two attached hydrogens (primary N) is 1. The highest BCUT2D eigenvalue weighted by Crippen LogP contribution is 2.17. The van der Waals surface area contributed by atoms with Crippen LogP contribution in [-0.2, 0) is 4.79 Å². The van der Waals surface area contributed by atoms with Crippen molar-refractivity contribution in [1.29, 1.82) is 0 Å². The summed E-state index contributed by atoms with van der Waals surface area (Å²) in [5, 5.41) is 5.46. The van der Waals surface area contributed by atoms with E-state index in [1.165, 1.54) is 0 Å². The zero-order valence-corrected chi connectivity index (χ0v) is 14.2. The number of benzene rings is 1. The first-order valence-corrected chi connectivity index (χ1v) is 7.58. The van der Waals surface area contributed by atoms with Crippen molar-refractivity contribution in [1.82, 2.24) is 10.6 Å². The monoisotopic (exact) mass is 355 g/mol. The van der Waals surface area contributed by atoms with Gasteiger partial charge >= 0.3 is 0 Å².